The van der Waals surface area contributed by atoms with E-state index in [1.165, 1.54) is 0 Å². The summed E-state index contributed by atoms with van der Waals surface area (Å²) in [5.41, 5.74) is 0.621. The van der Waals surface area contributed by atoms with Gasteiger partial charge in [-0.05, 0) is 33.0 Å². The van der Waals surface area contributed by atoms with Crippen molar-refractivity contribution in [3.05, 3.63) is 14.5 Å². The first-order valence-corrected chi connectivity index (χ1v) is 7.06. The number of Topliss-reactive ketones (excluding diaryl/α,β-unsaturated/α-hetero) is 1. The van der Waals surface area contributed by atoms with E-state index in [0.717, 1.165) is 18.3 Å². The lowest BCUT2D eigenvalue weighted by Crippen LogP contribution is -2.35. The first kappa shape index (κ1) is 16.5. The largest absolute Gasteiger partial charge is 0.463 e. The van der Waals surface area contributed by atoms with E-state index in [-0.39, 0.29) is 11.5 Å². The summed E-state index contributed by atoms with van der Waals surface area (Å²) in [5.74, 6) is -2.22. The fraction of sp³-hybridized carbons (Fsp3) is 0.500. The number of aromatic nitrogens is 1. The second-order valence-corrected chi connectivity index (χ2v) is 5.63. The minimum atomic E-state index is -1.54. The molecule has 1 aromatic rings. The molecule has 1 rings (SSSR count). The van der Waals surface area contributed by atoms with Gasteiger partial charge in [-0.15, -0.1) is 0 Å². The molecule has 0 radical (unpaired) electrons. The van der Waals surface area contributed by atoms with Crippen LogP contribution < -0.4 is 0 Å². The van der Waals surface area contributed by atoms with Gasteiger partial charge in [0.05, 0.1) is 6.61 Å². The monoisotopic (exact) mass is 317 g/mol. The van der Waals surface area contributed by atoms with E-state index in [2.05, 4.69) is 0 Å². The highest BCUT2D eigenvalue weighted by Crippen LogP contribution is 2.19. The molecule has 110 valence electrons. The van der Waals surface area contributed by atoms with Gasteiger partial charge in [0.2, 0.25) is 0 Å². The summed E-state index contributed by atoms with van der Waals surface area (Å²) >= 11 is 6.12. The van der Waals surface area contributed by atoms with Gasteiger partial charge in [0.1, 0.15) is 4.88 Å². The zero-order valence-electron chi connectivity index (χ0n) is 11.6. The van der Waals surface area contributed by atoms with E-state index in [1.54, 1.807) is 25.5 Å². The van der Waals surface area contributed by atoms with Crippen LogP contribution in [0.15, 0.2) is 0 Å². The Hall–Kier alpha value is -1.54. The second-order valence-electron chi connectivity index (χ2n) is 3.99. The predicted molar refractivity (Wildman–Crippen MR) is 75.4 cm³/mol. The standard InChI is InChI=1S/C12H15NO5S2/c1-5-17-10(15)8(7(3)14)18-11(16)9-6(2)13(4)12(19)20-9/h8H,5H2,1-4H3/t8-/m0/s1. The van der Waals surface area contributed by atoms with E-state index in [4.69, 9.17) is 21.7 Å². The lowest BCUT2D eigenvalue weighted by atomic mass is 10.2. The van der Waals surface area contributed by atoms with Crippen LogP contribution in [0.25, 0.3) is 0 Å². The fourth-order valence-electron chi connectivity index (χ4n) is 1.38. The van der Waals surface area contributed by atoms with Gasteiger partial charge in [-0.25, -0.2) is 9.59 Å². The number of hydrogen-bond acceptors (Lipinski definition) is 7. The van der Waals surface area contributed by atoms with Gasteiger partial charge in [0.15, 0.2) is 9.74 Å². The molecule has 20 heavy (non-hydrogen) atoms. The number of rotatable bonds is 5. The van der Waals surface area contributed by atoms with E-state index < -0.39 is 23.8 Å². The molecule has 0 amide bonds. The van der Waals surface area contributed by atoms with Gasteiger partial charge in [0.25, 0.3) is 6.10 Å². The Morgan fingerprint density at radius 3 is 2.40 bits per heavy atom. The Morgan fingerprint density at radius 2 is 2.00 bits per heavy atom. The molecule has 0 fully saturated rings. The number of nitrogens with zero attached hydrogens (tertiary/aromatic N) is 1. The fourth-order valence-corrected chi connectivity index (χ4v) is 2.64. The summed E-state index contributed by atoms with van der Waals surface area (Å²) in [6.45, 7) is 4.57. The summed E-state index contributed by atoms with van der Waals surface area (Å²) in [5, 5.41) is 0. The number of ether oxygens (including phenoxy) is 2. The maximum atomic E-state index is 12.0. The highest BCUT2D eigenvalue weighted by molar-refractivity contribution is 7.73. The average Bonchev–Trinajstić information content (AvgIpc) is 2.63. The number of carbonyl (C=O) groups excluding carboxylic acids is 3. The van der Waals surface area contributed by atoms with Crippen molar-refractivity contribution in [1.29, 1.82) is 0 Å². The van der Waals surface area contributed by atoms with Crippen molar-refractivity contribution in [2.75, 3.05) is 6.61 Å². The number of esters is 2. The van der Waals surface area contributed by atoms with Crippen LogP contribution in [0.4, 0.5) is 0 Å². The summed E-state index contributed by atoms with van der Waals surface area (Å²) in [6.07, 6.45) is -1.54. The number of hydrogen-bond donors (Lipinski definition) is 0. The van der Waals surface area contributed by atoms with Gasteiger partial charge in [-0.1, -0.05) is 11.3 Å². The van der Waals surface area contributed by atoms with Crippen LogP contribution in [0.1, 0.15) is 29.2 Å². The van der Waals surface area contributed by atoms with E-state index in [1.807, 2.05) is 0 Å². The van der Waals surface area contributed by atoms with Gasteiger partial charge in [-0.2, -0.15) is 0 Å². The zero-order chi connectivity index (χ0) is 15.4. The quantitative estimate of drug-likeness (QED) is 0.468. The molecule has 0 aliphatic rings. The third kappa shape index (κ3) is 3.51. The number of thiazole rings is 1. The van der Waals surface area contributed by atoms with Crippen molar-refractivity contribution >= 4 is 41.3 Å². The van der Waals surface area contributed by atoms with Crippen molar-refractivity contribution in [3.63, 3.8) is 0 Å². The lowest BCUT2D eigenvalue weighted by molar-refractivity contribution is -0.157. The van der Waals surface area contributed by atoms with Crippen molar-refractivity contribution in [3.8, 4) is 0 Å². The molecule has 0 N–H and O–H groups in total. The molecule has 0 unspecified atom stereocenters. The minimum Gasteiger partial charge on any atom is -0.463 e. The Bertz CT molecular complexity index is 601. The highest BCUT2D eigenvalue weighted by Gasteiger charge is 2.30. The Morgan fingerprint density at radius 1 is 1.40 bits per heavy atom. The topological polar surface area (TPSA) is 74.6 Å². The average molecular weight is 317 g/mol. The van der Waals surface area contributed by atoms with Gasteiger partial charge < -0.3 is 14.0 Å². The van der Waals surface area contributed by atoms with E-state index >= 15 is 0 Å². The first-order chi connectivity index (χ1) is 9.29. The maximum absolute atomic E-state index is 12.0. The van der Waals surface area contributed by atoms with Crippen molar-refractivity contribution < 1.29 is 23.9 Å². The first-order valence-electron chi connectivity index (χ1n) is 5.84. The third-order valence-electron chi connectivity index (χ3n) is 2.58. The molecule has 1 atom stereocenters. The van der Waals surface area contributed by atoms with Crippen LogP contribution in [0.2, 0.25) is 0 Å². The molecule has 0 aliphatic heterocycles. The van der Waals surface area contributed by atoms with Crippen LogP contribution in [0.5, 0.6) is 0 Å². The number of ketones is 1. The lowest BCUT2D eigenvalue weighted by Gasteiger charge is -2.13. The Labute approximate surface area is 125 Å². The molecular weight excluding hydrogens is 302 g/mol. The SMILES string of the molecule is CCOC(=O)[C@@H](OC(=O)c1sc(=S)n(C)c1C)C(C)=O. The molecule has 0 aromatic carbocycles. The molecule has 0 bridgehead atoms. The highest BCUT2D eigenvalue weighted by atomic mass is 32.1. The van der Waals surface area contributed by atoms with Gasteiger partial charge in [-0.3, -0.25) is 4.79 Å². The van der Waals surface area contributed by atoms with Crippen molar-refractivity contribution in [1.82, 2.24) is 4.57 Å². The van der Waals surface area contributed by atoms with Gasteiger partial charge >= 0.3 is 11.9 Å². The van der Waals surface area contributed by atoms with Crippen LogP contribution in [-0.4, -0.2) is 35.0 Å². The molecule has 1 aromatic heterocycles. The minimum absolute atomic E-state index is 0.101. The molecular formula is C12H15NO5S2. The van der Waals surface area contributed by atoms with Crippen LogP contribution in [0.3, 0.4) is 0 Å². The third-order valence-corrected chi connectivity index (χ3v) is 4.21. The number of carbonyl (C=O) groups is 3. The smallest absolute Gasteiger partial charge is 0.355 e. The summed E-state index contributed by atoms with van der Waals surface area (Å²) < 4.78 is 11.8. The molecule has 0 spiro atoms. The van der Waals surface area contributed by atoms with Crippen molar-refractivity contribution in [2.24, 2.45) is 7.05 Å². The Balaban J connectivity index is 2.97. The summed E-state index contributed by atoms with van der Waals surface area (Å²) in [7, 11) is 1.72. The van der Waals surface area contributed by atoms with Crippen LogP contribution in [-0.2, 0) is 26.1 Å². The van der Waals surface area contributed by atoms with E-state index in [0.29, 0.717) is 9.65 Å². The normalized spacial score (nSPS) is 11.8. The molecule has 6 nitrogen and oxygen atoms in total. The zero-order valence-corrected chi connectivity index (χ0v) is 13.2. The summed E-state index contributed by atoms with van der Waals surface area (Å²) in [6, 6.07) is 0. The Kier molecular flexibility index (Phi) is 5.58. The summed E-state index contributed by atoms with van der Waals surface area (Å²) in [4.78, 5) is 35.2. The van der Waals surface area contributed by atoms with Gasteiger partial charge in [0, 0.05) is 12.7 Å². The second kappa shape index (κ2) is 6.76. The molecule has 0 saturated carbocycles. The van der Waals surface area contributed by atoms with Crippen molar-refractivity contribution in [2.45, 2.75) is 26.9 Å². The molecule has 1 heterocycles. The molecule has 8 heteroatoms. The maximum Gasteiger partial charge on any atom is 0.355 e. The van der Waals surface area contributed by atoms with E-state index in [9.17, 15) is 14.4 Å². The van der Waals surface area contributed by atoms with Crippen LogP contribution in [0, 0.1) is 10.9 Å². The predicted octanol–water partition coefficient (Wildman–Crippen LogP) is 1.80. The molecule has 0 saturated heterocycles. The van der Waals surface area contributed by atoms with Crippen LogP contribution >= 0.6 is 23.6 Å². The molecule has 0 aliphatic carbocycles.